The first-order chi connectivity index (χ1) is 16.4. The monoisotopic (exact) mass is 462 g/mol. The molecule has 0 aliphatic carbocycles. The first-order valence-corrected chi connectivity index (χ1v) is 11.4. The predicted octanol–water partition coefficient (Wildman–Crippen LogP) is 4.75. The van der Waals surface area contributed by atoms with Gasteiger partial charge in [0, 0.05) is 31.0 Å². The summed E-state index contributed by atoms with van der Waals surface area (Å²) in [4.78, 5) is 28.4. The Hall–Kier alpha value is -3.67. The van der Waals surface area contributed by atoms with Crippen molar-refractivity contribution in [2.75, 3.05) is 7.11 Å². The molecule has 0 bridgehead atoms. The number of methoxy groups -OCH3 is 1. The minimum atomic E-state index is -0.739. The fourth-order valence-corrected chi connectivity index (χ4v) is 3.79. The lowest BCUT2D eigenvalue weighted by atomic mass is 10.0. The molecule has 34 heavy (non-hydrogen) atoms. The maximum Gasteiger partial charge on any atom is 0.243 e. The Morgan fingerprint density at radius 3 is 2.21 bits per heavy atom. The maximum atomic E-state index is 13.5. The topological polar surface area (TPSA) is 58.6 Å². The molecule has 6 heteroatoms. The first kappa shape index (κ1) is 25.0. The molecule has 0 aromatic heterocycles. The molecule has 3 rings (SSSR count). The molecule has 1 N–H and O–H groups in total. The number of para-hydroxylation sites is 1. The molecule has 3 aromatic carbocycles. The Bertz CT molecular complexity index is 1080. The highest BCUT2D eigenvalue weighted by atomic mass is 19.1. The number of amides is 2. The van der Waals surface area contributed by atoms with Crippen molar-refractivity contribution in [2.24, 2.45) is 5.92 Å². The minimum absolute atomic E-state index is 0.141. The van der Waals surface area contributed by atoms with Gasteiger partial charge in [-0.05, 0) is 29.3 Å². The molecule has 1 atom stereocenters. The van der Waals surface area contributed by atoms with E-state index in [2.05, 4.69) is 5.32 Å². The van der Waals surface area contributed by atoms with E-state index in [9.17, 15) is 14.0 Å². The van der Waals surface area contributed by atoms with Gasteiger partial charge in [0.2, 0.25) is 11.8 Å². The highest BCUT2D eigenvalue weighted by molar-refractivity contribution is 5.88. The molecule has 178 valence electrons. The van der Waals surface area contributed by atoms with Crippen LogP contribution in [0.3, 0.4) is 0 Å². The van der Waals surface area contributed by atoms with Crippen molar-refractivity contribution in [3.05, 3.63) is 101 Å². The number of carbonyl (C=O) groups excluding carboxylic acids is 2. The van der Waals surface area contributed by atoms with Gasteiger partial charge in [-0.15, -0.1) is 0 Å². The van der Waals surface area contributed by atoms with Gasteiger partial charge in [-0.2, -0.15) is 0 Å². The molecule has 3 aromatic rings. The molecule has 2 amide bonds. The third-order valence-electron chi connectivity index (χ3n) is 5.64. The maximum absolute atomic E-state index is 13.5. The molecular weight excluding hydrogens is 431 g/mol. The van der Waals surface area contributed by atoms with Crippen molar-refractivity contribution in [1.29, 1.82) is 0 Å². The summed E-state index contributed by atoms with van der Waals surface area (Å²) in [7, 11) is 1.59. The van der Waals surface area contributed by atoms with Gasteiger partial charge in [0.1, 0.15) is 17.6 Å². The van der Waals surface area contributed by atoms with Crippen molar-refractivity contribution in [3.8, 4) is 5.75 Å². The van der Waals surface area contributed by atoms with Crippen LogP contribution in [-0.2, 0) is 29.1 Å². The summed E-state index contributed by atoms with van der Waals surface area (Å²) in [6.45, 7) is 4.10. The number of rotatable bonds is 10. The quantitative estimate of drug-likeness (QED) is 0.473. The lowest BCUT2D eigenvalue weighted by Crippen LogP contribution is -2.51. The van der Waals surface area contributed by atoms with Gasteiger partial charge in [0.05, 0.1) is 7.11 Å². The van der Waals surface area contributed by atoms with Crippen LogP contribution in [0.1, 0.15) is 30.5 Å². The number of hydrogen-bond donors (Lipinski definition) is 1. The van der Waals surface area contributed by atoms with Crippen LogP contribution in [0.4, 0.5) is 4.39 Å². The second-order valence-electron chi connectivity index (χ2n) is 8.48. The average molecular weight is 463 g/mol. The van der Waals surface area contributed by atoms with Crippen LogP contribution in [0.25, 0.3) is 0 Å². The Balaban J connectivity index is 1.90. The first-order valence-electron chi connectivity index (χ1n) is 11.4. The van der Waals surface area contributed by atoms with Crippen LogP contribution >= 0.6 is 0 Å². The number of nitrogens with zero attached hydrogens (tertiary/aromatic N) is 1. The molecule has 0 saturated heterocycles. The zero-order chi connectivity index (χ0) is 24.5. The van der Waals surface area contributed by atoms with Gasteiger partial charge < -0.3 is 15.0 Å². The second kappa shape index (κ2) is 12.0. The van der Waals surface area contributed by atoms with E-state index in [0.29, 0.717) is 12.2 Å². The molecule has 0 saturated carbocycles. The van der Waals surface area contributed by atoms with E-state index >= 15 is 0 Å². The number of ether oxygens (including phenoxy) is 1. The van der Waals surface area contributed by atoms with Gasteiger partial charge in [-0.3, -0.25) is 9.59 Å². The molecule has 1 unspecified atom stereocenters. The van der Waals surface area contributed by atoms with Crippen molar-refractivity contribution >= 4 is 11.8 Å². The molecule has 5 nitrogen and oxygen atoms in total. The highest BCUT2D eigenvalue weighted by Crippen LogP contribution is 2.20. The molecule has 0 aliphatic heterocycles. The average Bonchev–Trinajstić information content (AvgIpc) is 2.86. The number of nitrogens with one attached hydrogen (secondary N) is 1. The van der Waals surface area contributed by atoms with Crippen molar-refractivity contribution in [2.45, 2.75) is 39.4 Å². The van der Waals surface area contributed by atoms with Crippen molar-refractivity contribution in [3.63, 3.8) is 0 Å². The number of carbonyl (C=O) groups is 2. The standard InChI is InChI=1S/C28H31FN2O3/c1-20(2)28(33)31(19-22-13-15-24(29)16-14-22)25(17-21-9-5-4-6-10-21)27(32)30-18-23-11-7-8-12-26(23)34-3/h4-16,20,25H,17-19H2,1-3H3,(H,30,32). The zero-order valence-electron chi connectivity index (χ0n) is 19.8. The largest absolute Gasteiger partial charge is 0.496 e. The molecular formula is C28H31FN2O3. The van der Waals surface area contributed by atoms with E-state index in [0.717, 1.165) is 16.7 Å². The third kappa shape index (κ3) is 6.67. The summed E-state index contributed by atoms with van der Waals surface area (Å²) in [6, 6.07) is 22.4. The SMILES string of the molecule is COc1ccccc1CNC(=O)C(Cc1ccccc1)N(Cc1ccc(F)cc1)C(=O)C(C)C. The van der Waals surface area contributed by atoms with Gasteiger partial charge >= 0.3 is 0 Å². The van der Waals surface area contributed by atoms with E-state index in [1.807, 2.05) is 68.4 Å². The normalized spacial score (nSPS) is 11.7. The Kier molecular flexibility index (Phi) is 8.79. The smallest absolute Gasteiger partial charge is 0.243 e. The summed E-state index contributed by atoms with van der Waals surface area (Å²) in [5.74, 6) is -0.367. The number of halogens is 1. The lowest BCUT2D eigenvalue weighted by molar-refractivity contribution is -0.143. The Morgan fingerprint density at radius 1 is 0.912 bits per heavy atom. The van der Waals surface area contributed by atoms with E-state index in [4.69, 9.17) is 4.74 Å². The zero-order valence-corrected chi connectivity index (χ0v) is 19.8. The van der Waals surface area contributed by atoms with Crippen LogP contribution < -0.4 is 10.1 Å². The third-order valence-corrected chi connectivity index (χ3v) is 5.64. The predicted molar refractivity (Wildman–Crippen MR) is 131 cm³/mol. The van der Waals surface area contributed by atoms with Crippen molar-refractivity contribution in [1.82, 2.24) is 10.2 Å². The molecule has 0 aliphatic rings. The summed E-state index contributed by atoms with van der Waals surface area (Å²) >= 11 is 0. The fourth-order valence-electron chi connectivity index (χ4n) is 3.79. The number of benzene rings is 3. The van der Waals surface area contributed by atoms with Crippen molar-refractivity contribution < 1.29 is 18.7 Å². The van der Waals surface area contributed by atoms with Gasteiger partial charge in [-0.25, -0.2) is 4.39 Å². The second-order valence-corrected chi connectivity index (χ2v) is 8.48. The highest BCUT2D eigenvalue weighted by Gasteiger charge is 2.31. The molecule has 0 spiro atoms. The summed E-state index contributed by atoms with van der Waals surface area (Å²) in [5, 5.41) is 2.99. The fraction of sp³-hybridized carbons (Fsp3) is 0.286. The molecule has 0 heterocycles. The Morgan fingerprint density at radius 2 is 1.56 bits per heavy atom. The van der Waals surface area contributed by atoms with Crippen LogP contribution in [0, 0.1) is 11.7 Å². The molecule has 0 radical (unpaired) electrons. The van der Waals surface area contributed by atoms with E-state index in [-0.39, 0.29) is 36.6 Å². The van der Waals surface area contributed by atoms with Gasteiger partial charge in [0.15, 0.2) is 0 Å². The van der Waals surface area contributed by atoms with Gasteiger partial charge in [-0.1, -0.05) is 74.5 Å². The van der Waals surface area contributed by atoms with Crippen LogP contribution in [-0.4, -0.2) is 29.9 Å². The summed E-state index contributed by atoms with van der Waals surface area (Å²) in [5.41, 5.74) is 2.55. The van der Waals surface area contributed by atoms with Crippen LogP contribution in [0.2, 0.25) is 0 Å². The summed E-state index contributed by atoms with van der Waals surface area (Å²) in [6.07, 6.45) is 0.359. The summed E-state index contributed by atoms with van der Waals surface area (Å²) < 4.78 is 18.8. The van der Waals surface area contributed by atoms with E-state index in [1.165, 1.54) is 12.1 Å². The van der Waals surface area contributed by atoms with Gasteiger partial charge in [0.25, 0.3) is 0 Å². The van der Waals surface area contributed by atoms with E-state index in [1.54, 1.807) is 24.1 Å². The lowest BCUT2D eigenvalue weighted by Gasteiger charge is -2.33. The Labute approximate surface area is 200 Å². The minimum Gasteiger partial charge on any atom is -0.496 e. The van der Waals surface area contributed by atoms with Crippen LogP contribution in [0.15, 0.2) is 78.9 Å². The van der Waals surface area contributed by atoms with E-state index < -0.39 is 6.04 Å². The van der Waals surface area contributed by atoms with Crippen LogP contribution in [0.5, 0.6) is 5.75 Å². The number of hydrogen-bond acceptors (Lipinski definition) is 3. The molecule has 0 fully saturated rings.